The van der Waals surface area contributed by atoms with Crippen molar-refractivity contribution in [2.45, 2.75) is 20.8 Å². The third-order valence-corrected chi connectivity index (χ3v) is 2.58. The van der Waals surface area contributed by atoms with Crippen molar-refractivity contribution in [3.8, 4) is 5.95 Å². The molecule has 2 aromatic heterocycles. The normalized spacial score (nSPS) is 10.4. The quantitative estimate of drug-likeness (QED) is 0.748. The van der Waals surface area contributed by atoms with E-state index in [1.54, 1.807) is 6.92 Å². The zero-order chi connectivity index (χ0) is 13.3. The molecule has 0 unspecified atom stereocenters. The lowest BCUT2D eigenvalue weighted by atomic mass is 10.3. The van der Waals surface area contributed by atoms with Gasteiger partial charge in [-0.15, -0.1) is 0 Å². The fraction of sp³-hybridized carbons (Fsp3) is 0.333. The maximum absolute atomic E-state index is 11.5. The Balaban J connectivity index is 2.52. The molecule has 0 spiro atoms. The molecule has 2 heterocycles. The molecule has 0 amide bonds. The summed E-state index contributed by atoms with van der Waals surface area (Å²) in [7, 11) is 1.34. The number of carbonyl (C=O) groups excluding carboxylic acids is 1. The molecule has 18 heavy (non-hydrogen) atoms. The van der Waals surface area contributed by atoms with Gasteiger partial charge < -0.3 is 4.74 Å². The van der Waals surface area contributed by atoms with Crippen molar-refractivity contribution >= 4 is 5.97 Å². The number of hydrogen-bond acceptors (Lipinski definition) is 5. The summed E-state index contributed by atoms with van der Waals surface area (Å²) in [4.78, 5) is 20.1. The highest BCUT2D eigenvalue weighted by atomic mass is 16.5. The molecule has 94 valence electrons. The second-order valence-corrected chi connectivity index (χ2v) is 4.00. The van der Waals surface area contributed by atoms with Crippen LogP contribution in [0, 0.1) is 20.8 Å². The van der Waals surface area contributed by atoms with Crippen LogP contribution in [0.1, 0.15) is 27.4 Å². The van der Waals surface area contributed by atoms with Gasteiger partial charge >= 0.3 is 5.97 Å². The summed E-state index contributed by atoms with van der Waals surface area (Å²) in [6.07, 6.45) is 1.46. The number of esters is 1. The van der Waals surface area contributed by atoms with Crippen molar-refractivity contribution in [1.29, 1.82) is 0 Å². The first-order chi connectivity index (χ1) is 8.52. The van der Waals surface area contributed by atoms with Crippen molar-refractivity contribution in [3.05, 3.63) is 34.9 Å². The van der Waals surface area contributed by atoms with E-state index >= 15 is 0 Å². The maximum atomic E-state index is 11.5. The average Bonchev–Trinajstić information content (AvgIpc) is 2.69. The smallest absolute Gasteiger partial charge is 0.341 e. The minimum atomic E-state index is -0.414. The van der Waals surface area contributed by atoms with E-state index < -0.39 is 5.97 Å². The van der Waals surface area contributed by atoms with Gasteiger partial charge in [0.1, 0.15) is 5.56 Å². The first-order valence-electron chi connectivity index (χ1n) is 5.48. The highest BCUT2D eigenvalue weighted by Gasteiger charge is 2.16. The number of hydrogen-bond donors (Lipinski definition) is 0. The third-order valence-electron chi connectivity index (χ3n) is 2.58. The molecule has 0 bridgehead atoms. The maximum Gasteiger partial charge on any atom is 0.341 e. The van der Waals surface area contributed by atoms with Gasteiger partial charge in [-0.2, -0.15) is 5.10 Å². The summed E-state index contributed by atoms with van der Waals surface area (Å²) in [5.41, 5.74) is 2.78. The first kappa shape index (κ1) is 12.2. The number of aromatic nitrogens is 4. The fourth-order valence-corrected chi connectivity index (χ4v) is 1.72. The number of nitrogens with zero attached hydrogens (tertiary/aromatic N) is 4. The van der Waals surface area contributed by atoms with E-state index in [1.165, 1.54) is 18.0 Å². The molecule has 0 radical (unpaired) electrons. The summed E-state index contributed by atoms with van der Waals surface area (Å²) >= 11 is 0. The molecular formula is C12H14N4O2. The monoisotopic (exact) mass is 246 g/mol. The van der Waals surface area contributed by atoms with Gasteiger partial charge in [0.05, 0.1) is 19.0 Å². The lowest BCUT2D eigenvalue weighted by Gasteiger charge is -2.05. The molecule has 0 saturated heterocycles. The second-order valence-electron chi connectivity index (χ2n) is 4.00. The summed E-state index contributed by atoms with van der Waals surface area (Å²) in [5, 5.41) is 4.13. The van der Waals surface area contributed by atoms with Crippen LogP contribution < -0.4 is 0 Å². The highest BCUT2D eigenvalue weighted by Crippen LogP contribution is 2.12. The second kappa shape index (κ2) is 4.56. The molecule has 0 saturated carbocycles. The van der Waals surface area contributed by atoms with Crippen LogP contribution in [0.4, 0.5) is 0 Å². The van der Waals surface area contributed by atoms with Crippen molar-refractivity contribution < 1.29 is 9.53 Å². The molecular weight excluding hydrogens is 232 g/mol. The largest absolute Gasteiger partial charge is 0.465 e. The summed E-state index contributed by atoms with van der Waals surface area (Å²) in [5.74, 6) is 0.0447. The number of carbonyl (C=O) groups is 1. The number of rotatable bonds is 2. The Morgan fingerprint density at radius 1 is 1.22 bits per heavy atom. The van der Waals surface area contributed by atoms with Gasteiger partial charge in [-0.1, -0.05) is 0 Å². The lowest BCUT2D eigenvalue weighted by Crippen LogP contribution is -2.08. The van der Waals surface area contributed by atoms with Gasteiger partial charge in [-0.3, -0.25) is 0 Å². The molecule has 6 heteroatoms. The molecule has 0 aliphatic carbocycles. The van der Waals surface area contributed by atoms with E-state index in [0.29, 0.717) is 17.2 Å². The number of aryl methyl sites for hydroxylation is 2. The van der Waals surface area contributed by atoms with Gasteiger partial charge in [0.2, 0.25) is 0 Å². The van der Waals surface area contributed by atoms with Crippen LogP contribution in [-0.2, 0) is 4.74 Å². The van der Waals surface area contributed by atoms with E-state index in [-0.39, 0.29) is 0 Å². The van der Waals surface area contributed by atoms with Gasteiger partial charge in [-0.25, -0.2) is 19.4 Å². The van der Waals surface area contributed by atoms with Crippen molar-refractivity contribution in [3.63, 3.8) is 0 Å². The van der Waals surface area contributed by atoms with E-state index in [9.17, 15) is 4.79 Å². The van der Waals surface area contributed by atoms with Crippen LogP contribution in [-0.4, -0.2) is 32.8 Å². The third kappa shape index (κ3) is 2.09. The lowest BCUT2D eigenvalue weighted by molar-refractivity contribution is 0.0600. The van der Waals surface area contributed by atoms with Crippen molar-refractivity contribution in [1.82, 2.24) is 19.7 Å². The zero-order valence-corrected chi connectivity index (χ0v) is 10.8. The predicted octanol–water partition coefficient (Wildman–Crippen LogP) is 1.37. The summed E-state index contributed by atoms with van der Waals surface area (Å²) < 4.78 is 6.21. The Labute approximate surface area is 105 Å². The molecule has 0 atom stereocenters. The Bertz CT molecular complexity index is 584. The topological polar surface area (TPSA) is 69.9 Å². The molecule has 0 aliphatic rings. The highest BCUT2D eigenvalue weighted by molar-refractivity contribution is 5.90. The Kier molecular flexibility index (Phi) is 3.10. The average molecular weight is 246 g/mol. The van der Waals surface area contributed by atoms with Crippen LogP contribution in [0.5, 0.6) is 0 Å². The minimum Gasteiger partial charge on any atom is -0.465 e. The van der Waals surface area contributed by atoms with E-state index in [0.717, 1.165) is 11.4 Å². The van der Waals surface area contributed by atoms with E-state index in [1.807, 2.05) is 19.9 Å². The predicted molar refractivity (Wildman–Crippen MR) is 64.7 cm³/mol. The molecule has 0 N–H and O–H groups in total. The van der Waals surface area contributed by atoms with Crippen molar-refractivity contribution in [2.24, 2.45) is 0 Å². The van der Waals surface area contributed by atoms with Gasteiger partial charge in [0.15, 0.2) is 0 Å². The first-order valence-corrected chi connectivity index (χ1v) is 5.48. The molecule has 0 fully saturated rings. The van der Waals surface area contributed by atoms with Gasteiger partial charge in [-0.05, 0) is 26.8 Å². The van der Waals surface area contributed by atoms with Crippen molar-refractivity contribution in [2.75, 3.05) is 7.11 Å². The van der Waals surface area contributed by atoms with E-state index in [4.69, 9.17) is 0 Å². The molecule has 2 rings (SSSR count). The number of methoxy groups -OCH3 is 1. The molecule has 2 aromatic rings. The standard InChI is InChI=1S/C12H14N4O2/c1-7-5-8(2)15-12(14-7)16-9(3)10(6-13-16)11(17)18-4/h5-6H,1-4H3. The Morgan fingerprint density at radius 2 is 1.83 bits per heavy atom. The van der Waals surface area contributed by atoms with Crippen LogP contribution >= 0.6 is 0 Å². The van der Waals surface area contributed by atoms with Crippen LogP contribution in [0.25, 0.3) is 5.95 Å². The van der Waals surface area contributed by atoms with Crippen LogP contribution in [0.3, 0.4) is 0 Å². The zero-order valence-electron chi connectivity index (χ0n) is 10.8. The van der Waals surface area contributed by atoms with Gasteiger partial charge in [0.25, 0.3) is 5.95 Å². The van der Waals surface area contributed by atoms with Crippen LogP contribution in [0.2, 0.25) is 0 Å². The SMILES string of the molecule is COC(=O)c1cnn(-c2nc(C)cc(C)n2)c1C. The van der Waals surface area contributed by atoms with E-state index in [2.05, 4.69) is 19.8 Å². The summed E-state index contributed by atoms with van der Waals surface area (Å²) in [6.45, 7) is 5.55. The minimum absolute atomic E-state index is 0.414. The number of ether oxygens (including phenoxy) is 1. The Morgan fingerprint density at radius 3 is 2.39 bits per heavy atom. The molecule has 0 aromatic carbocycles. The molecule has 6 nitrogen and oxygen atoms in total. The summed E-state index contributed by atoms with van der Waals surface area (Å²) in [6, 6.07) is 1.88. The Hall–Kier alpha value is -2.24. The van der Waals surface area contributed by atoms with Gasteiger partial charge in [0, 0.05) is 11.4 Å². The van der Waals surface area contributed by atoms with Crippen LogP contribution in [0.15, 0.2) is 12.3 Å². The molecule has 0 aliphatic heterocycles. The fourth-order valence-electron chi connectivity index (χ4n) is 1.72.